The van der Waals surface area contributed by atoms with Crippen LogP contribution in [0.2, 0.25) is 5.28 Å². The highest BCUT2D eigenvalue weighted by Gasteiger charge is 2.16. The van der Waals surface area contributed by atoms with E-state index in [4.69, 9.17) is 16.3 Å². The largest absolute Gasteiger partial charge is 0.449 e. The molecule has 0 aliphatic carbocycles. The molecule has 11 heteroatoms. The second-order valence-corrected chi connectivity index (χ2v) is 7.65. The van der Waals surface area contributed by atoms with Gasteiger partial charge in [-0.1, -0.05) is 31.9 Å². The highest BCUT2D eigenvalue weighted by Crippen LogP contribution is 2.11. The van der Waals surface area contributed by atoms with E-state index in [1.807, 2.05) is 0 Å². The molecule has 0 unspecified atom stereocenters. The molecule has 9 nitrogen and oxygen atoms in total. The Bertz CT molecular complexity index is 1190. The van der Waals surface area contributed by atoms with Crippen molar-refractivity contribution >= 4 is 28.9 Å². The summed E-state index contributed by atoms with van der Waals surface area (Å²) >= 11 is 5.92. The van der Waals surface area contributed by atoms with Crippen LogP contribution in [0.15, 0.2) is 33.9 Å². The molecule has 0 radical (unpaired) electrons. The van der Waals surface area contributed by atoms with Crippen molar-refractivity contribution in [3.05, 3.63) is 61.8 Å². The molecule has 0 saturated carbocycles. The Morgan fingerprint density at radius 1 is 1.16 bits per heavy atom. The van der Waals surface area contributed by atoms with E-state index in [1.54, 1.807) is 12.1 Å². The summed E-state index contributed by atoms with van der Waals surface area (Å²) < 4.78 is 20.6. The van der Waals surface area contributed by atoms with Crippen LogP contribution in [0.4, 0.5) is 9.18 Å². The van der Waals surface area contributed by atoms with Crippen LogP contribution in [0.3, 0.4) is 0 Å². The maximum Gasteiger partial charge on any atom is 0.407 e. The Morgan fingerprint density at radius 2 is 1.88 bits per heavy atom. The molecule has 3 aromatic rings. The molecular formula is C21H25ClFN5O4. The predicted molar refractivity (Wildman–Crippen MR) is 118 cm³/mol. The van der Waals surface area contributed by atoms with Crippen molar-refractivity contribution in [3.63, 3.8) is 0 Å². The molecular weight excluding hydrogens is 441 g/mol. The van der Waals surface area contributed by atoms with E-state index in [0.717, 1.165) is 29.4 Å². The van der Waals surface area contributed by atoms with E-state index < -0.39 is 17.3 Å². The average molecular weight is 466 g/mol. The van der Waals surface area contributed by atoms with Gasteiger partial charge in [0.2, 0.25) is 5.28 Å². The number of imidazole rings is 1. The van der Waals surface area contributed by atoms with Crippen LogP contribution < -0.4 is 16.6 Å². The van der Waals surface area contributed by atoms with Gasteiger partial charge in [0.05, 0.1) is 6.61 Å². The molecule has 3 rings (SSSR count). The van der Waals surface area contributed by atoms with Crippen molar-refractivity contribution in [1.29, 1.82) is 0 Å². The first-order chi connectivity index (χ1) is 15.4. The van der Waals surface area contributed by atoms with Gasteiger partial charge in [-0.25, -0.2) is 14.0 Å². The summed E-state index contributed by atoms with van der Waals surface area (Å²) in [5.74, 6) is -0.355. The zero-order valence-electron chi connectivity index (χ0n) is 17.7. The number of benzene rings is 1. The highest BCUT2D eigenvalue weighted by atomic mass is 35.5. The number of halogens is 2. The number of hydrogen-bond donors (Lipinski definition) is 2. The number of aromatic nitrogens is 4. The van der Waals surface area contributed by atoms with E-state index in [0.29, 0.717) is 6.54 Å². The van der Waals surface area contributed by atoms with Gasteiger partial charge in [0.1, 0.15) is 5.82 Å². The lowest BCUT2D eigenvalue weighted by Gasteiger charge is -2.11. The molecule has 172 valence electrons. The molecule has 1 aromatic carbocycles. The topological polar surface area (TPSA) is 111 Å². The Hall–Kier alpha value is -3.14. The fraction of sp³-hybridized carbons (Fsp3) is 0.429. The van der Waals surface area contributed by atoms with Crippen LogP contribution in [0.5, 0.6) is 0 Å². The first kappa shape index (κ1) is 23.5. The highest BCUT2D eigenvalue weighted by molar-refractivity contribution is 6.28. The Labute approximate surface area is 188 Å². The summed E-state index contributed by atoms with van der Waals surface area (Å²) in [5, 5.41) is 2.60. The van der Waals surface area contributed by atoms with Crippen LogP contribution in [0, 0.1) is 5.82 Å². The van der Waals surface area contributed by atoms with Crippen molar-refractivity contribution in [2.45, 2.75) is 52.2 Å². The second kappa shape index (κ2) is 10.9. The van der Waals surface area contributed by atoms with Gasteiger partial charge in [0.15, 0.2) is 11.2 Å². The number of ether oxygens (including phenoxy) is 1. The number of carbonyl (C=O) groups excluding carboxylic acids is 1. The lowest BCUT2D eigenvalue weighted by Crippen LogP contribution is -2.40. The van der Waals surface area contributed by atoms with E-state index in [1.165, 1.54) is 16.7 Å². The number of carbonyl (C=O) groups is 1. The molecule has 2 aromatic heterocycles. The van der Waals surface area contributed by atoms with Crippen molar-refractivity contribution in [1.82, 2.24) is 24.4 Å². The summed E-state index contributed by atoms with van der Waals surface area (Å²) in [6.07, 6.45) is 2.31. The molecule has 0 atom stereocenters. The lowest BCUT2D eigenvalue weighted by atomic mass is 10.2. The number of aromatic amines is 1. The van der Waals surface area contributed by atoms with E-state index >= 15 is 0 Å². The van der Waals surface area contributed by atoms with E-state index in [-0.39, 0.29) is 48.4 Å². The fourth-order valence-corrected chi connectivity index (χ4v) is 3.45. The minimum atomic E-state index is -0.644. The number of hydrogen-bond acceptors (Lipinski definition) is 5. The first-order valence-corrected chi connectivity index (χ1v) is 10.8. The molecule has 1 amide bonds. The van der Waals surface area contributed by atoms with Crippen LogP contribution in [-0.4, -0.2) is 31.8 Å². The summed E-state index contributed by atoms with van der Waals surface area (Å²) in [4.78, 5) is 44.3. The van der Waals surface area contributed by atoms with Crippen LogP contribution in [0.25, 0.3) is 11.2 Å². The first-order valence-electron chi connectivity index (χ1n) is 10.4. The molecule has 0 fully saturated rings. The number of H-pyrrole nitrogens is 1. The van der Waals surface area contributed by atoms with Gasteiger partial charge in [-0.3, -0.25) is 13.9 Å². The van der Waals surface area contributed by atoms with Gasteiger partial charge in [-0.2, -0.15) is 4.98 Å². The van der Waals surface area contributed by atoms with Crippen LogP contribution in [0.1, 0.15) is 38.2 Å². The molecule has 2 N–H and O–H groups in total. The number of fused-ring (bicyclic) bond motifs is 1. The average Bonchev–Trinajstić information content (AvgIpc) is 3.16. The monoisotopic (exact) mass is 465 g/mol. The third-order valence-corrected chi connectivity index (χ3v) is 5.11. The van der Waals surface area contributed by atoms with Gasteiger partial charge in [-0.15, -0.1) is 0 Å². The summed E-state index contributed by atoms with van der Waals surface area (Å²) in [6, 6.07) is 5.73. The standard InChI is InChI=1S/C21H25ClFN5O4/c1-2-3-4-10-27-17-16(25-19(22)26-17)18(29)28(21(27)31)11-5-12-32-20(30)24-13-14-6-8-15(23)9-7-14/h6-9H,2-5,10-13H2,1H3,(H,24,30)(H,25,26). The van der Waals surface area contributed by atoms with E-state index in [2.05, 4.69) is 22.2 Å². The molecule has 32 heavy (non-hydrogen) atoms. The van der Waals surface area contributed by atoms with Crippen molar-refractivity contribution < 1.29 is 13.9 Å². The van der Waals surface area contributed by atoms with Crippen molar-refractivity contribution in [2.75, 3.05) is 6.61 Å². The minimum Gasteiger partial charge on any atom is -0.449 e. The Morgan fingerprint density at radius 3 is 2.59 bits per heavy atom. The third-order valence-electron chi connectivity index (χ3n) is 4.93. The zero-order chi connectivity index (χ0) is 23.1. The van der Waals surface area contributed by atoms with Crippen LogP contribution in [-0.2, 0) is 24.4 Å². The fourth-order valence-electron chi connectivity index (χ4n) is 3.27. The number of amides is 1. The maximum atomic E-state index is 12.9. The third kappa shape index (κ3) is 5.76. The summed E-state index contributed by atoms with van der Waals surface area (Å²) in [6.45, 7) is 2.76. The van der Waals surface area contributed by atoms with Crippen molar-refractivity contribution in [3.8, 4) is 0 Å². The van der Waals surface area contributed by atoms with Gasteiger partial charge in [-0.05, 0) is 42.1 Å². The van der Waals surface area contributed by atoms with Gasteiger partial charge >= 0.3 is 11.8 Å². The summed E-state index contributed by atoms with van der Waals surface area (Å²) in [7, 11) is 0. The normalized spacial score (nSPS) is 11.1. The number of nitrogens with zero attached hydrogens (tertiary/aromatic N) is 3. The molecule has 0 saturated heterocycles. The Balaban J connectivity index is 1.60. The summed E-state index contributed by atoms with van der Waals surface area (Å²) in [5.41, 5.74) is 0.155. The molecule has 0 aliphatic heterocycles. The number of aryl methyl sites for hydroxylation is 1. The second-order valence-electron chi connectivity index (χ2n) is 7.29. The smallest absolute Gasteiger partial charge is 0.407 e. The number of nitrogens with one attached hydrogen (secondary N) is 2. The van der Waals surface area contributed by atoms with Crippen LogP contribution >= 0.6 is 11.6 Å². The Kier molecular flexibility index (Phi) is 8.04. The SMILES string of the molecule is CCCCCn1c(=O)n(CCCOC(=O)NCc2ccc(F)cc2)c(=O)c2[nH]c(Cl)nc21. The maximum absolute atomic E-state index is 12.9. The molecule has 0 spiro atoms. The van der Waals surface area contributed by atoms with E-state index in [9.17, 15) is 18.8 Å². The number of rotatable bonds is 10. The van der Waals surface area contributed by atoms with Gasteiger partial charge in [0.25, 0.3) is 5.56 Å². The predicted octanol–water partition coefficient (Wildman–Crippen LogP) is 3.19. The number of unbranched alkanes of at least 4 members (excludes halogenated alkanes) is 2. The zero-order valence-corrected chi connectivity index (χ0v) is 18.5. The van der Waals surface area contributed by atoms with Gasteiger partial charge < -0.3 is 15.0 Å². The minimum absolute atomic E-state index is 0.0126. The molecule has 0 bridgehead atoms. The van der Waals surface area contributed by atoms with Gasteiger partial charge in [0, 0.05) is 19.6 Å². The molecule has 0 aliphatic rings. The van der Waals surface area contributed by atoms with Crippen molar-refractivity contribution in [2.24, 2.45) is 0 Å². The quantitative estimate of drug-likeness (QED) is 0.353. The lowest BCUT2D eigenvalue weighted by molar-refractivity contribution is 0.142. The number of alkyl carbamates (subject to hydrolysis) is 1. The molecule has 2 heterocycles.